The van der Waals surface area contributed by atoms with Crippen LogP contribution in [0.5, 0.6) is 0 Å². The van der Waals surface area contributed by atoms with Gasteiger partial charge in [-0.25, -0.2) is 0 Å². The van der Waals surface area contributed by atoms with Gasteiger partial charge in [0.25, 0.3) is 0 Å². The highest BCUT2D eigenvalue weighted by Crippen LogP contribution is 2.07. The van der Waals surface area contributed by atoms with Gasteiger partial charge >= 0.3 is 0 Å². The SMILES string of the molecule is COCCC(NC(C)CS(C)=O)C(C)C. The number of hydrogen-bond donors (Lipinski definition) is 1. The minimum atomic E-state index is -0.725. The Morgan fingerprint density at radius 2 is 1.93 bits per heavy atom. The Morgan fingerprint density at radius 3 is 2.33 bits per heavy atom. The van der Waals surface area contributed by atoms with E-state index in [1.807, 2.05) is 0 Å². The van der Waals surface area contributed by atoms with E-state index in [9.17, 15) is 4.21 Å². The molecular weight excluding hydrogens is 210 g/mol. The first-order valence-electron chi connectivity index (χ1n) is 5.52. The molecule has 0 bridgehead atoms. The van der Waals surface area contributed by atoms with E-state index in [2.05, 4.69) is 26.1 Å². The molecule has 15 heavy (non-hydrogen) atoms. The lowest BCUT2D eigenvalue weighted by Gasteiger charge is -2.25. The van der Waals surface area contributed by atoms with Gasteiger partial charge in [0.2, 0.25) is 0 Å². The van der Waals surface area contributed by atoms with Gasteiger partial charge in [0, 0.05) is 48.6 Å². The van der Waals surface area contributed by atoms with Gasteiger partial charge in [0.15, 0.2) is 0 Å². The summed E-state index contributed by atoms with van der Waals surface area (Å²) in [7, 11) is 0.999. The first kappa shape index (κ1) is 15.1. The van der Waals surface area contributed by atoms with Crippen molar-refractivity contribution in [2.45, 2.75) is 39.3 Å². The highest BCUT2D eigenvalue weighted by molar-refractivity contribution is 7.84. The molecule has 1 N–H and O–H groups in total. The van der Waals surface area contributed by atoms with Crippen LogP contribution in [0.4, 0.5) is 0 Å². The quantitative estimate of drug-likeness (QED) is 0.691. The predicted octanol–water partition coefficient (Wildman–Crippen LogP) is 1.40. The van der Waals surface area contributed by atoms with Crippen LogP contribution in [0, 0.1) is 5.92 Å². The minimum absolute atomic E-state index is 0.306. The summed E-state index contributed by atoms with van der Waals surface area (Å²) in [6, 6.07) is 0.753. The topological polar surface area (TPSA) is 38.3 Å². The molecule has 3 unspecified atom stereocenters. The van der Waals surface area contributed by atoms with Crippen LogP contribution in [0.2, 0.25) is 0 Å². The Morgan fingerprint density at radius 1 is 1.33 bits per heavy atom. The number of hydrogen-bond acceptors (Lipinski definition) is 3. The van der Waals surface area contributed by atoms with Crippen LogP contribution in [0.15, 0.2) is 0 Å². The van der Waals surface area contributed by atoms with Gasteiger partial charge in [-0.3, -0.25) is 4.21 Å². The normalized spacial score (nSPS) is 17.7. The molecule has 0 spiro atoms. The molecule has 0 saturated heterocycles. The van der Waals surface area contributed by atoms with Gasteiger partial charge in [0.05, 0.1) is 0 Å². The van der Waals surface area contributed by atoms with Gasteiger partial charge in [-0.2, -0.15) is 0 Å². The molecule has 0 aliphatic rings. The number of methoxy groups -OCH3 is 1. The lowest BCUT2D eigenvalue weighted by molar-refractivity contribution is 0.171. The van der Waals surface area contributed by atoms with Crippen LogP contribution in [-0.2, 0) is 15.5 Å². The van der Waals surface area contributed by atoms with Crippen LogP contribution < -0.4 is 5.32 Å². The van der Waals surface area contributed by atoms with E-state index in [-0.39, 0.29) is 0 Å². The molecule has 0 radical (unpaired) electrons. The Kier molecular flexibility index (Phi) is 8.29. The summed E-state index contributed by atoms with van der Waals surface area (Å²) in [5, 5.41) is 3.51. The van der Waals surface area contributed by atoms with Crippen LogP contribution in [0.25, 0.3) is 0 Å². The smallest absolute Gasteiger partial charge is 0.0477 e. The Bertz CT molecular complexity index is 185. The van der Waals surface area contributed by atoms with Crippen molar-refractivity contribution in [3.63, 3.8) is 0 Å². The molecule has 3 nitrogen and oxygen atoms in total. The maximum Gasteiger partial charge on any atom is 0.0477 e. The number of ether oxygens (including phenoxy) is 1. The first-order chi connectivity index (χ1) is 6.97. The standard InChI is InChI=1S/C11H25NO2S/c1-9(2)11(6-7-14-4)12-10(3)8-15(5)13/h9-12H,6-8H2,1-5H3. The van der Waals surface area contributed by atoms with Crippen molar-refractivity contribution >= 4 is 10.8 Å². The van der Waals surface area contributed by atoms with Crippen molar-refractivity contribution in [1.29, 1.82) is 0 Å². The molecule has 0 saturated carbocycles. The zero-order chi connectivity index (χ0) is 11.8. The summed E-state index contributed by atoms with van der Waals surface area (Å²) in [5.74, 6) is 1.30. The first-order valence-corrected chi connectivity index (χ1v) is 7.25. The zero-order valence-corrected chi connectivity index (χ0v) is 11.4. The van der Waals surface area contributed by atoms with Crippen LogP contribution in [0.1, 0.15) is 27.2 Å². The number of nitrogens with one attached hydrogen (secondary N) is 1. The molecule has 92 valence electrons. The summed E-state index contributed by atoms with van der Waals surface area (Å²) >= 11 is 0. The fraction of sp³-hybridized carbons (Fsp3) is 1.00. The second kappa shape index (κ2) is 8.25. The van der Waals surface area contributed by atoms with Gasteiger partial charge in [-0.1, -0.05) is 13.8 Å². The van der Waals surface area contributed by atoms with Crippen molar-refractivity contribution in [2.75, 3.05) is 25.7 Å². The molecule has 0 heterocycles. The average Bonchev–Trinajstić information content (AvgIpc) is 2.10. The fourth-order valence-electron chi connectivity index (χ4n) is 1.62. The zero-order valence-electron chi connectivity index (χ0n) is 10.6. The average molecular weight is 235 g/mol. The highest BCUT2D eigenvalue weighted by Gasteiger charge is 2.15. The predicted molar refractivity (Wildman–Crippen MR) is 66.7 cm³/mol. The molecular formula is C11H25NO2S. The van der Waals surface area contributed by atoms with Crippen LogP contribution in [0.3, 0.4) is 0 Å². The van der Waals surface area contributed by atoms with Crippen molar-refractivity contribution in [3.05, 3.63) is 0 Å². The lowest BCUT2D eigenvalue weighted by Crippen LogP contribution is -2.43. The third kappa shape index (κ3) is 7.94. The third-order valence-corrected chi connectivity index (χ3v) is 3.39. The molecule has 0 aliphatic heterocycles. The largest absolute Gasteiger partial charge is 0.385 e. The van der Waals surface area contributed by atoms with E-state index in [0.29, 0.717) is 18.0 Å². The maximum atomic E-state index is 11.1. The lowest BCUT2D eigenvalue weighted by atomic mass is 10.0. The van der Waals surface area contributed by atoms with Gasteiger partial charge in [0.1, 0.15) is 0 Å². The third-order valence-electron chi connectivity index (χ3n) is 2.42. The second-order valence-corrected chi connectivity index (χ2v) is 5.92. The summed E-state index contributed by atoms with van der Waals surface area (Å²) in [4.78, 5) is 0. The Balaban J connectivity index is 3.97. The molecule has 0 amide bonds. The van der Waals surface area contributed by atoms with E-state index in [1.54, 1.807) is 13.4 Å². The van der Waals surface area contributed by atoms with E-state index in [0.717, 1.165) is 18.8 Å². The Hall–Kier alpha value is 0.0700. The van der Waals surface area contributed by atoms with E-state index < -0.39 is 10.8 Å². The Labute approximate surface area is 96.4 Å². The minimum Gasteiger partial charge on any atom is -0.385 e. The molecule has 0 aromatic rings. The summed E-state index contributed by atoms with van der Waals surface area (Å²) < 4.78 is 16.2. The number of rotatable bonds is 8. The second-order valence-electron chi connectivity index (χ2n) is 4.44. The fourth-order valence-corrected chi connectivity index (χ4v) is 2.42. The van der Waals surface area contributed by atoms with Crippen LogP contribution in [-0.4, -0.2) is 42.0 Å². The molecule has 4 heteroatoms. The maximum absolute atomic E-state index is 11.1. The van der Waals surface area contributed by atoms with Gasteiger partial charge < -0.3 is 10.1 Å². The van der Waals surface area contributed by atoms with Gasteiger partial charge in [-0.15, -0.1) is 0 Å². The van der Waals surface area contributed by atoms with Crippen molar-refractivity contribution in [2.24, 2.45) is 5.92 Å². The summed E-state index contributed by atoms with van der Waals surface area (Å²) in [5.41, 5.74) is 0. The van der Waals surface area contributed by atoms with E-state index in [4.69, 9.17) is 4.74 Å². The van der Waals surface area contributed by atoms with Gasteiger partial charge in [-0.05, 0) is 19.3 Å². The van der Waals surface area contributed by atoms with E-state index >= 15 is 0 Å². The van der Waals surface area contributed by atoms with Crippen molar-refractivity contribution in [3.8, 4) is 0 Å². The molecule has 0 aromatic heterocycles. The highest BCUT2D eigenvalue weighted by atomic mass is 32.2. The molecule has 0 aromatic carbocycles. The summed E-state index contributed by atoms with van der Waals surface area (Å²) in [6.07, 6.45) is 2.76. The molecule has 0 aliphatic carbocycles. The van der Waals surface area contributed by atoms with Crippen molar-refractivity contribution in [1.82, 2.24) is 5.32 Å². The van der Waals surface area contributed by atoms with E-state index in [1.165, 1.54) is 0 Å². The van der Waals surface area contributed by atoms with Crippen LogP contribution >= 0.6 is 0 Å². The monoisotopic (exact) mass is 235 g/mol. The summed E-state index contributed by atoms with van der Waals surface area (Å²) in [6.45, 7) is 7.26. The van der Waals surface area contributed by atoms with Crippen molar-refractivity contribution < 1.29 is 8.95 Å². The molecule has 0 rings (SSSR count). The molecule has 3 atom stereocenters. The molecule has 0 fully saturated rings.